The zero-order valence-corrected chi connectivity index (χ0v) is 17.8. The lowest BCUT2D eigenvalue weighted by molar-refractivity contribution is -0.132. The summed E-state index contributed by atoms with van der Waals surface area (Å²) in [5.41, 5.74) is 0.842. The number of amides is 1. The van der Waals surface area contributed by atoms with Gasteiger partial charge in [0.1, 0.15) is 11.6 Å². The number of rotatable bonds is 11. The number of carbonyl (C=O) groups is 1. The quantitative estimate of drug-likeness (QED) is 0.523. The van der Waals surface area contributed by atoms with Gasteiger partial charge in [-0.3, -0.25) is 4.79 Å². The Morgan fingerprint density at radius 1 is 1.29 bits per heavy atom. The van der Waals surface area contributed by atoms with E-state index in [9.17, 15) is 4.79 Å². The van der Waals surface area contributed by atoms with Crippen molar-refractivity contribution in [3.8, 4) is 17.2 Å². The lowest BCUT2D eigenvalue weighted by Crippen LogP contribution is -2.31. The average molecular weight is 405 g/mol. The Morgan fingerprint density at radius 2 is 1.96 bits per heavy atom. The van der Waals surface area contributed by atoms with Crippen LogP contribution in [0.1, 0.15) is 31.0 Å². The molecule has 0 atom stereocenters. The van der Waals surface area contributed by atoms with E-state index in [2.05, 4.69) is 11.6 Å². The molecular weight excluding hydrogens is 376 g/mol. The minimum atomic E-state index is 0.111. The number of benzene rings is 1. The molecule has 1 aromatic heterocycles. The van der Waals surface area contributed by atoms with Crippen molar-refractivity contribution in [3.05, 3.63) is 46.9 Å². The summed E-state index contributed by atoms with van der Waals surface area (Å²) in [4.78, 5) is 18.8. The monoisotopic (exact) mass is 404 g/mol. The highest BCUT2D eigenvalue weighted by atomic mass is 32.1. The van der Waals surface area contributed by atoms with Crippen molar-refractivity contribution in [1.29, 1.82) is 0 Å². The molecule has 0 saturated heterocycles. The summed E-state index contributed by atoms with van der Waals surface area (Å²) >= 11 is 1.50. The summed E-state index contributed by atoms with van der Waals surface area (Å²) in [5, 5.41) is 2.77. The Morgan fingerprint density at radius 3 is 2.54 bits per heavy atom. The molecule has 6 nitrogen and oxygen atoms in total. The molecule has 1 amide bonds. The van der Waals surface area contributed by atoms with Gasteiger partial charge in [-0.05, 0) is 18.1 Å². The largest absolute Gasteiger partial charge is 0.493 e. The van der Waals surface area contributed by atoms with E-state index in [4.69, 9.17) is 14.2 Å². The first kappa shape index (κ1) is 21.8. The number of hydrogen-bond donors (Lipinski definition) is 0. The van der Waals surface area contributed by atoms with Gasteiger partial charge in [0, 0.05) is 18.3 Å². The molecule has 152 valence electrons. The molecule has 0 fully saturated rings. The molecule has 28 heavy (non-hydrogen) atoms. The van der Waals surface area contributed by atoms with Crippen LogP contribution in [0.2, 0.25) is 0 Å². The van der Waals surface area contributed by atoms with Gasteiger partial charge in [0.15, 0.2) is 11.5 Å². The second kappa shape index (κ2) is 10.7. The van der Waals surface area contributed by atoms with Gasteiger partial charge in [-0.15, -0.1) is 17.9 Å². The van der Waals surface area contributed by atoms with Crippen molar-refractivity contribution < 1.29 is 19.0 Å². The fraction of sp³-hybridized carbons (Fsp3) is 0.429. The molecule has 0 saturated carbocycles. The van der Waals surface area contributed by atoms with E-state index in [-0.39, 0.29) is 5.91 Å². The van der Waals surface area contributed by atoms with E-state index in [1.807, 2.05) is 37.4 Å². The summed E-state index contributed by atoms with van der Waals surface area (Å²) in [7, 11) is 3.18. The SMILES string of the molecule is C=CCN(Cc1csc(COc2c(OC)cccc2OC)n1)C(=O)CC(C)C. The smallest absolute Gasteiger partial charge is 0.223 e. The van der Waals surface area contributed by atoms with Crippen molar-refractivity contribution in [2.75, 3.05) is 20.8 Å². The van der Waals surface area contributed by atoms with Gasteiger partial charge < -0.3 is 19.1 Å². The predicted octanol–water partition coefficient (Wildman–Crippen LogP) is 4.30. The molecule has 0 aliphatic rings. The Kier molecular flexibility index (Phi) is 8.32. The van der Waals surface area contributed by atoms with Gasteiger partial charge in [-0.25, -0.2) is 4.98 Å². The summed E-state index contributed by atoms with van der Waals surface area (Å²) in [6.07, 6.45) is 2.25. The Labute approximate surface area is 170 Å². The summed E-state index contributed by atoms with van der Waals surface area (Å²) in [5.74, 6) is 2.18. The van der Waals surface area contributed by atoms with Crippen molar-refractivity contribution >= 4 is 17.2 Å². The molecular formula is C21H28N2O4S. The van der Waals surface area contributed by atoms with E-state index in [1.54, 1.807) is 25.2 Å². The molecule has 0 unspecified atom stereocenters. The van der Waals surface area contributed by atoms with Crippen LogP contribution in [0.3, 0.4) is 0 Å². The van der Waals surface area contributed by atoms with Crippen molar-refractivity contribution in [2.45, 2.75) is 33.4 Å². The van der Waals surface area contributed by atoms with Crippen LogP contribution in [0, 0.1) is 5.92 Å². The fourth-order valence-electron chi connectivity index (χ4n) is 2.67. The number of aromatic nitrogens is 1. The molecule has 2 rings (SSSR count). The van der Waals surface area contributed by atoms with Gasteiger partial charge >= 0.3 is 0 Å². The second-order valence-electron chi connectivity index (χ2n) is 6.67. The molecule has 2 aromatic rings. The Hall–Kier alpha value is -2.54. The van der Waals surface area contributed by atoms with Crippen LogP contribution in [-0.4, -0.2) is 36.6 Å². The fourth-order valence-corrected chi connectivity index (χ4v) is 3.36. The highest BCUT2D eigenvalue weighted by Crippen LogP contribution is 2.37. The number of carbonyl (C=O) groups excluding carboxylic acids is 1. The highest BCUT2D eigenvalue weighted by molar-refractivity contribution is 7.09. The van der Waals surface area contributed by atoms with Crippen LogP contribution in [0.4, 0.5) is 0 Å². The number of ether oxygens (including phenoxy) is 3. The third-order valence-corrected chi connectivity index (χ3v) is 4.83. The molecule has 1 aromatic carbocycles. The third kappa shape index (κ3) is 5.99. The van der Waals surface area contributed by atoms with Crippen molar-refractivity contribution in [3.63, 3.8) is 0 Å². The first-order valence-corrected chi connectivity index (χ1v) is 10.0. The minimum Gasteiger partial charge on any atom is -0.493 e. The third-order valence-electron chi connectivity index (χ3n) is 3.96. The number of hydrogen-bond acceptors (Lipinski definition) is 6. The van der Waals surface area contributed by atoms with E-state index < -0.39 is 0 Å². The van der Waals surface area contributed by atoms with Crippen molar-refractivity contribution in [2.24, 2.45) is 5.92 Å². The number of nitrogens with zero attached hydrogens (tertiary/aromatic N) is 2. The molecule has 0 spiro atoms. The molecule has 0 aliphatic carbocycles. The molecule has 0 N–H and O–H groups in total. The number of para-hydroxylation sites is 1. The maximum atomic E-state index is 12.4. The maximum Gasteiger partial charge on any atom is 0.223 e. The zero-order chi connectivity index (χ0) is 20.5. The normalized spacial score (nSPS) is 10.6. The summed E-state index contributed by atoms with van der Waals surface area (Å²) in [6, 6.07) is 5.48. The van der Waals surface area contributed by atoms with Crippen LogP contribution < -0.4 is 14.2 Å². The zero-order valence-electron chi connectivity index (χ0n) is 16.9. The van der Waals surface area contributed by atoms with Crippen LogP contribution in [0.25, 0.3) is 0 Å². The van der Waals surface area contributed by atoms with E-state index in [1.165, 1.54) is 11.3 Å². The molecule has 0 radical (unpaired) electrons. The number of thiazole rings is 1. The Balaban J connectivity index is 2.04. The average Bonchev–Trinajstić information content (AvgIpc) is 3.12. The van der Waals surface area contributed by atoms with Gasteiger partial charge in [0.25, 0.3) is 0 Å². The van der Waals surface area contributed by atoms with Gasteiger partial charge in [0.05, 0.1) is 26.5 Å². The van der Waals surface area contributed by atoms with Crippen LogP contribution in [0.5, 0.6) is 17.2 Å². The minimum absolute atomic E-state index is 0.111. The topological polar surface area (TPSA) is 60.9 Å². The lowest BCUT2D eigenvalue weighted by atomic mass is 10.1. The predicted molar refractivity (Wildman–Crippen MR) is 111 cm³/mol. The second-order valence-corrected chi connectivity index (χ2v) is 7.62. The van der Waals surface area contributed by atoms with E-state index in [0.717, 1.165) is 10.7 Å². The molecule has 1 heterocycles. The number of methoxy groups -OCH3 is 2. The highest BCUT2D eigenvalue weighted by Gasteiger charge is 2.17. The molecule has 0 bridgehead atoms. The Bertz CT molecular complexity index is 766. The van der Waals surface area contributed by atoms with Crippen molar-refractivity contribution in [1.82, 2.24) is 9.88 Å². The molecule has 7 heteroatoms. The van der Waals surface area contributed by atoms with Crippen LogP contribution >= 0.6 is 11.3 Å². The lowest BCUT2D eigenvalue weighted by Gasteiger charge is -2.21. The standard InChI is InChI=1S/C21H28N2O4S/c1-6-10-23(20(24)11-15(2)3)12-16-14-28-19(22-16)13-27-21-17(25-4)8-7-9-18(21)26-5/h6-9,14-15H,1,10-13H2,2-5H3. The van der Waals surface area contributed by atoms with Gasteiger partial charge in [-0.1, -0.05) is 26.0 Å². The van der Waals surface area contributed by atoms with Gasteiger partial charge in [0.2, 0.25) is 11.7 Å². The first-order chi connectivity index (χ1) is 13.5. The summed E-state index contributed by atoms with van der Waals surface area (Å²) in [6.45, 7) is 9.09. The first-order valence-electron chi connectivity index (χ1n) is 9.14. The maximum absolute atomic E-state index is 12.4. The van der Waals surface area contributed by atoms with Gasteiger partial charge in [-0.2, -0.15) is 0 Å². The summed E-state index contributed by atoms with van der Waals surface area (Å²) < 4.78 is 16.6. The van der Waals surface area contributed by atoms with E-state index >= 15 is 0 Å². The van der Waals surface area contributed by atoms with E-state index in [0.29, 0.717) is 49.3 Å². The van der Waals surface area contributed by atoms with Crippen LogP contribution in [-0.2, 0) is 17.9 Å². The van der Waals surface area contributed by atoms with Crippen LogP contribution in [0.15, 0.2) is 36.2 Å². The molecule has 0 aliphatic heterocycles.